The number of likely N-dealkylation sites (N-methyl/N-ethyl adjacent to an activating group) is 1. The summed E-state index contributed by atoms with van der Waals surface area (Å²) in [5, 5.41) is 5.76. The minimum atomic E-state index is -0.801. The second kappa shape index (κ2) is 10.6. The smallest absolute Gasteiger partial charge is 0.245 e. The summed E-state index contributed by atoms with van der Waals surface area (Å²) in [6.07, 6.45) is 3.00. The molecule has 2 N–H and O–H groups in total. The largest absolute Gasteiger partial charge is 0.341 e. The molecule has 2 aromatic carbocycles. The Kier molecular flexibility index (Phi) is 8.24. The molecule has 6 nitrogen and oxygen atoms in total. The van der Waals surface area contributed by atoms with Crippen LogP contribution in [0.15, 0.2) is 54.6 Å². The molecule has 0 bridgehead atoms. The van der Waals surface area contributed by atoms with Crippen molar-refractivity contribution >= 4 is 52.7 Å². The Hall–Kier alpha value is -2.83. The van der Waals surface area contributed by atoms with Gasteiger partial charge >= 0.3 is 0 Å². The SMILES string of the molecule is CC(NC(=O)/C=C/c1ccccc1)C(=O)N(C)CC(=O)Nc1c(Cl)cccc1Cl. The first-order valence-corrected chi connectivity index (χ1v) is 9.56. The molecule has 3 amide bonds. The standard InChI is InChI=1S/C21H21Cl2N3O3/c1-14(24-18(27)12-11-15-7-4-3-5-8-15)21(29)26(2)13-19(28)25-20-16(22)9-6-10-17(20)23/h3-12,14H,13H2,1-2H3,(H,24,27)(H,25,28)/b12-11+. The van der Waals surface area contributed by atoms with Gasteiger partial charge < -0.3 is 15.5 Å². The first-order valence-electron chi connectivity index (χ1n) is 8.80. The first kappa shape index (κ1) is 22.5. The quantitative estimate of drug-likeness (QED) is 0.654. The fourth-order valence-corrected chi connectivity index (χ4v) is 2.97. The molecule has 0 saturated carbocycles. The molecule has 0 saturated heterocycles. The molecule has 1 atom stereocenters. The van der Waals surface area contributed by atoms with Crippen LogP contribution in [0.3, 0.4) is 0 Å². The van der Waals surface area contributed by atoms with Gasteiger partial charge in [0.2, 0.25) is 17.7 Å². The Bertz CT molecular complexity index is 896. The van der Waals surface area contributed by atoms with Crippen molar-refractivity contribution in [1.82, 2.24) is 10.2 Å². The topological polar surface area (TPSA) is 78.5 Å². The monoisotopic (exact) mass is 433 g/mol. The summed E-state index contributed by atoms with van der Waals surface area (Å²) in [6, 6.07) is 13.4. The number of carbonyl (C=O) groups is 3. The van der Waals surface area contributed by atoms with Crippen molar-refractivity contribution in [3.63, 3.8) is 0 Å². The second-order valence-corrected chi connectivity index (χ2v) is 7.13. The van der Waals surface area contributed by atoms with Gasteiger partial charge in [0.05, 0.1) is 22.3 Å². The van der Waals surface area contributed by atoms with E-state index in [0.717, 1.165) is 5.56 Å². The third-order valence-corrected chi connectivity index (χ3v) is 4.57. The zero-order valence-corrected chi connectivity index (χ0v) is 17.5. The van der Waals surface area contributed by atoms with E-state index in [0.29, 0.717) is 10.0 Å². The predicted octanol–water partition coefficient (Wildman–Crippen LogP) is 3.61. The zero-order chi connectivity index (χ0) is 21.4. The number of hydrogen-bond acceptors (Lipinski definition) is 3. The lowest BCUT2D eigenvalue weighted by molar-refractivity contribution is -0.136. The number of para-hydroxylation sites is 1. The molecule has 8 heteroatoms. The van der Waals surface area contributed by atoms with E-state index in [1.807, 2.05) is 30.3 Å². The fourth-order valence-electron chi connectivity index (χ4n) is 2.48. The summed E-state index contributed by atoms with van der Waals surface area (Å²) < 4.78 is 0. The van der Waals surface area contributed by atoms with Crippen LogP contribution in [0.4, 0.5) is 5.69 Å². The summed E-state index contributed by atoms with van der Waals surface area (Å²) in [5.74, 6) is -1.28. The molecule has 0 aromatic heterocycles. The molecule has 0 aliphatic heterocycles. The Morgan fingerprint density at radius 1 is 1.03 bits per heavy atom. The lowest BCUT2D eigenvalue weighted by Crippen LogP contribution is -2.47. The van der Waals surface area contributed by atoms with Gasteiger partial charge in [0.25, 0.3) is 0 Å². The molecular formula is C21H21Cl2N3O3. The highest BCUT2D eigenvalue weighted by atomic mass is 35.5. The lowest BCUT2D eigenvalue weighted by atomic mass is 10.2. The highest BCUT2D eigenvalue weighted by Crippen LogP contribution is 2.29. The van der Waals surface area contributed by atoms with Crippen molar-refractivity contribution in [2.24, 2.45) is 0 Å². The van der Waals surface area contributed by atoms with E-state index in [4.69, 9.17) is 23.2 Å². The lowest BCUT2D eigenvalue weighted by Gasteiger charge is -2.21. The number of hydrogen-bond donors (Lipinski definition) is 2. The van der Waals surface area contributed by atoms with Crippen LogP contribution in [0.1, 0.15) is 12.5 Å². The Morgan fingerprint density at radius 3 is 2.28 bits per heavy atom. The van der Waals surface area contributed by atoms with E-state index >= 15 is 0 Å². The fraction of sp³-hybridized carbons (Fsp3) is 0.190. The molecule has 0 spiro atoms. The maximum absolute atomic E-state index is 12.4. The van der Waals surface area contributed by atoms with Gasteiger partial charge in [-0.15, -0.1) is 0 Å². The summed E-state index contributed by atoms with van der Waals surface area (Å²) in [4.78, 5) is 37.9. The second-order valence-electron chi connectivity index (χ2n) is 6.31. The molecule has 152 valence electrons. The number of anilines is 1. The van der Waals surface area contributed by atoms with Crippen LogP contribution in [-0.2, 0) is 14.4 Å². The van der Waals surface area contributed by atoms with Gasteiger partial charge in [-0.1, -0.05) is 59.6 Å². The summed E-state index contributed by atoms with van der Waals surface area (Å²) >= 11 is 12.0. The first-order chi connectivity index (χ1) is 13.8. The van der Waals surface area contributed by atoms with E-state index < -0.39 is 23.8 Å². The Morgan fingerprint density at radius 2 is 1.66 bits per heavy atom. The van der Waals surface area contributed by atoms with Crippen molar-refractivity contribution in [3.05, 3.63) is 70.2 Å². The molecule has 29 heavy (non-hydrogen) atoms. The average molecular weight is 434 g/mol. The molecule has 0 fully saturated rings. The number of halogens is 2. The number of nitrogens with one attached hydrogen (secondary N) is 2. The van der Waals surface area contributed by atoms with Crippen LogP contribution >= 0.6 is 23.2 Å². The maximum atomic E-state index is 12.4. The number of rotatable bonds is 7. The van der Waals surface area contributed by atoms with Gasteiger partial charge in [-0.3, -0.25) is 14.4 Å². The van der Waals surface area contributed by atoms with Gasteiger partial charge in [0.15, 0.2) is 0 Å². The maximum Gasteiger partial charge on any atom is 0.245 e. The van der Waals surface area contributed by atoms with Gasteiger partial charge in [-0.25, -0.2) is 0 Å². The molecule has 0 heterocycles. The molecule has 0 aliphatic carbocycles. The zero-order valence-electron chi connectivity index (χ0n) is 16.0. The summed E-state index contributed by atoms with van der Waals surface area (Å²) in [7, 11) is 1.47. The molecule has 1 unspecified atom stereocenters. The number of benzene rings is 2. The third kappa shape index (κ3) is 6.93. The highest BCUT2D eigenvalue weighted by molar-refractivity contribution is 6.39. The van der Waals surface area contributed by atoms with E-state index in [1.54, 1.807) is 31.2 Å². The molecular weight excluding hydrogens is 413 g/mol. The van der Waals surface area contributed by atoms with Gasteiger partial charge in [0.1, 0.15) is 6.04 Å². The molecule has 2 rings (SSSR count). The summed E-state index contributed by atoms with van der Waals surface area (Å²) in [6.45, 7) is 1.33. The number of amides is 3. The minimum absolute atomic E-state index is 0.222. The van der Waals surface area contributed by atoms with Crippen LogP contribution in [0.5, 0.6) is 0 Å². The van der Waals surface area contributed by atoms with Crippen molar-refractivity contribution < 1.29 is 14.4 Å². The minimum Gasteiger partial charge on any atom is -0.341 e. The summed E-state index contributed by atoms with van der Waals surface area (Å²) in [5.41, 5.74) is 1.16. The van der Waals surface area contributed by atoms with Gasteiger partial charge in [0, 0.05) is 13.1 Å². The van der Waals surface area contributed by atoms with Crippen LogP contribution in [0.2, 0.25) is 10.0 Å². The highest BCUT2D eigenvalue weighted by Gasteiger charge is 2.21. The van der Waals surface area contributed by atoms with Crippen LogP contribution in [-0.4, -0.2) is 42.3 Å². The van der Waals surface area contributed by atoms with Crippen molar-refractivity contribution in [2.75, 3.05) is 18.9 Å². The molecule has 0 aliphatic rings. The average Bonchev–Trinajstić information content (AvgIpc) is 2.69. The van der Waals surface area contributed by atoms with E-state index in [-0.39, 0.29) is 12.2 Å². The number of nitrogens with zero attached hydrogens (tertiary/aromatic N) is 1. The molecule has 2 aromatic rings. The van der Waals surface area contributed by atoms with Crippen LogP contribution in [0.25, 0.3) is 6.08 Å². The Labute approximate surface area is 179 Å². The van der Waals surface area contributed by atoms with Crippen LogP contribution in [0, 0.1) is 0 Å². The van der Waals surface area contributed by atoms with E-state index in [1.165, 1.54) is 18.0 Å². The normalized spacial score (nSPS) is 11.7. The van der Waals surface area contributed by atoms with Crippen molar-refractivity contribution in [1.29, 1.82) is 0 Å². The van der Waals surface area contributed by atoms with E-state index in [9.17, 15) is 14.4 Å². The van der Waals surface area contributed by atoms with Gasteiger partial charge in [-0.05, 0) is 30.7 Å². The number of carbonyl (C=O) groups excluding carboxylic acids is 3. The van der Waals surface area contributed by atoms with Gasteiger partial charge in [-0.2, -0.15) is 0 Å². The third-order valence-electron chi connectivity index (χ3n) is 3.94. The van der Waals surface area contributed by atoms with Crippen molar-refractivity contribution in [3.8, 4) is 0 Å². The van der Waals surface area contributed by atoms with Crippen LogP contribution < -0.4 is 10.6 Å². The van der Waals surface area contributed by atoms with E-state index in [2.05, 4.69) is 10.6 Å². The van der Waals surface area contributed by atoms with Crippen molar-refractivity contribution in [2.45, 2.75) is 13.0 Å². The predicted molar refractivity (Wildman–Crippen MR) is 116 cm³/mol. The molecule has 0 radical (unpaired) electrons. The Balaban J connectivity index is 1.87.